The maximum absolute atomic E-state index is 11.0. The van der Waals surface area contributed by atoms with Crippen molar-refractivity contribution in [1.29, 1.82) is 0 Å². The van der Waals surface area contributed by atoms with Gasteiger partial charge in [-0.25, -0.2) is 0 Å². The predicted octanol–water partition coefficient (Wildman–Crippen LogP) is 2.04. The van der Waals surface area contributed by atoms with Crippen molar-refractivity contribution in [2.24, 2.45) is 11.7 Å². The Bertz CT molecular complexity index is 386. The van der Waals surface area contributed by atoms with E-state index in [4.69, 9.17) is 17.3 Å². The number of nitrogens with two attached hydrogens (primary N) is 1. The summed E-state index contributed by atoms with van der Waals surface area (Å²) in [6.07, 6.45) is 1.64. The second-order valence-electron chi connectivity index (χ2n) is 4.12. The minimum absolute atomic E-state index is 0.0266. The van der Waals surface area contributed by atoms with Gasteiger partial charge in [0.2, 0.25) is 5.91 Å². The zero-order chi connectivity index (χ0) is 11.5. The first kappa shape index (κ1) is 11.3. The Kier molecular flexibility index (Phi) is 3.34. The average Bonchev–Trinajstić information content (AvgIpc) is 2.30. The summed E-state index contributed by atoms with van der Waals surface area (Å²) in [5.41, 5.74) is 6.35. The molecule has 0 saturated carbocycles. The molecule has 1 amide bonds. The van der Waals surface area contributed by atoms with E-state index in [0.717, 1.165) is 36.6 Å². The molecule has 4 heteroatoms. The molecule has 0 radical (unpaired) electrons. The Morgan fingerprint density at radius 2 is 1.94 bits per heavy atom. The molecule has 1 aromatic carbocycles. The van der Waals surface area contributed by atoms with Gasteiger partial charge in [-0.2, -0.15) is 0 Å². The zero-order valence-corrected chi connectivity index (χ0v) is 9.78. The van der Waals surface area contributed by atoms with Gasteiger partial charge in [0.15, 0.2) is 0 Å². The fourth-order valence-corrected chi connectivity index (χ4v) is 2.37. The van der Waals surface area contributed by atoms with Crippen LogP contribution in [0.5, 0.6) is 0 Å². The summed E-state index contributed by atoms with van der Waals surface area (Å²) < 4.78 is 0. The van der Waals surface area contributed by atoms with E-state index in [1.165, 1.54) is 0 Å². The molecule has 0 unspecified atom stereocenters. The van der Waals surface area contributed by atoms with Crippen LogP contribution in [0.25, 0.3) is 0 Å². The van der Waals surface area contributed by atoms with Crippen LogP contribution in [0.2, 0.25) is 5.02 Å². The number of hydrogen-bond donors (Lipinski definition) is 1. The van der Waals surface area contributed by atoms with Gasteiger partial charge in [-0.05, 0) is 25.0 Å². The van der Waals surface area contributed by atoms with Crippen molar-refractivity contribution in [3.05, 3.63) is 29.3 Å². The zero-order valence-electron chi connectivity index (χ0n) is 9.03. The summed E-state index contributed by atoms with van der Waals surface area (Å²) in [6.45, 7) is 1.69. The lowest BCUT2D eigenvalue weighted by Crippen LogP contribution is -2.38. The van der Waals surface area contributed by atoms with Gasteiger partial charge >= 0.3 is 0 Å². The Hall–Kier alpha value is -1.22. The molecule has 86 valence electrons. The van der Waals surface area contributed by atoms with E-state index < -0.39 is 0 Å². The molecular weight excluding hydrogens is 224 g/mol. The molecule has 1 heterocycles. The third-order valence-electron chi connectivity index (χ3n) is 3.09. The molecule has 0 aromatic heterocycles. The Morgan fingerprint density at radius 3 is 2.50 bits per heavy atom. The third kappa shape index (κ3) is 2.30. The van der Waals surface area contributed by atoms with E-state index >= 15 is 0 Å². The summed E-state index contributed by atoms with van der Waals surface area (Å²) in [5.74, 6) is -0.155. The van der Waals surface area contributed by atoms with E-state index in [0.29, 0.717) is 0 Å². The number of anilines is 1. The van der Waals surface area contributed by atoms with Gasteiger partial charge in [-0.3, -0.25) is 4.79 Å². The van der Waals surface area contributed by atoms with E-state index in [2.05, 4.69) is 4.90 Å². The SMILES string of the molecule is NC(=O)C1CCN(c2ccccc2Cl)CC1. The van der Waals surface area contributed by atoms with Gasteiger partial charge in [-0.1, -0.05) is 23.7 Å². The maximum atomic E-state index is 11.0. The van der Waals surface area contributed by atoms with Gasteiger partial charge in [-0.15, -0.1) is 0 Å². The molecule has 0 bridgehead atoms. The third-order valence-corrected chi connectivity index (χ3v) is 3.41. The highest BCUT2D eigenvalue weighted by Crippen LogP contribution is 2.29. The molecule has 2 N–H and O–H groups in total. The number of amides is 1. The number of hydrogen-bond acceptors (Lipinski definition) is 2. The lowest BCUT2D eigenvalue weighted by Gasteiger charge is -2.32. The number of carbonyl (C=O) groups excluding carboxylic acids is 1. The van der Waals surface area contributed by atoms with E-state index in [1.54, 1.807) is 0 Å². The Balaban J connectivity index is 2.05. The minimum Gasteiger partial charge on any atom is -0.370 e. The number of para-hydroxylation sites is 1. The number of nitrogens with zero attached hydrogens (tertiary/aromatic N) is 1. The molecule has 0 spiro atoms. The fourth-order valence-electron chi connectivity index (χ4n) is 2.11. The second-order valence-corrected chi connectivity index (χ2v) is 4.52. The molecule has 16 heavy (non-hydrogen) atoms. The maximum Gasteiger partial charge on any atom is 0.220 e. The number of rotatable bonds is 2. The number of carbonyl (C=O) groups is 1. The van der Waals surface area contributed by atoms with Crippen LogP contribution in [0.4, 0.5) is 5.69 Å². The summed E-state index contributed by atoms with van der Waals surface area (Å²) >= 11 is 6.12. The largest absolute Gasteiger partial charge is 0.370 e. The topological polar surface area (TPSA) is 46.3 Å². The smallest absolute Gasteiger partial charge is 0.220 e. The summed E-state index contributed by atoms with van der Waals surface area (Å²) in [6, 6.07) is 7.79. The molecule has 1 aliphatic heterocycles. The number of piperidine rings is 1. The summed E-state index contributed by atoms with van der Waals surface area (Å²) in [7, 11) is 0. The quantitative estimate of drug-likeness (QED) is 0.857. The van der Waals surface area contributed by atoms with E-state index in [1.807, 2.05) is 24.3 Å². The van der Waals surface area contributed by atoms with Crippen molar-refractivity contribution >= 4 is 23.2 Å². The van der Waals surface area contributed by atoms with Crippen LogP contribution >= 0.6 is 11.6 Å². The van der Waals surface area contributed by atoms with Crippen LogP contribution < -0.4 is 10.6 Å². The highest BCUT2D eigenvalue weighted by atomic mass is 35.5. The number of primary amides is 1. The molecule has 1 saturated heterocycles. The van der Waals surface area contributed by atoms with Crippen LogP contribution in [-0.4, -0.2) is 19.0 Å². The van der Waals surface area contributed by atoms with Crippen molar-refractivity contribution in [3.63, 3.8) is 0 Å². The Morgan fingerprint density at radius 1 is 1.31 bits per heavy atom. The normalized spacial score (nSPS) is 17.4. The van der Waals surface area contributed by atoms with Gasteiger partial charge in [0.25, 0.3) is 0 Å². The first-order chi connectivity index (χ1) is 7.68. The van der Waals surface area contributed by atoms with Gasteiger partial charge in [0.1, 0.15) is 0 Å². The van der Waals surface area contributed by atoms with Gasteiger partial charge < -0.3 is 10.6 Å². The van der Waals surface area contributed by atoms with Crippen molar-refractivity contribution in [3.8, 4) is 0 Å². The molecule has 0 aliphatic carbocycles. The Labute approximate surface area is 100 Å². The minimum atomic E-state index is -0.182. The van der Waals surface area contributed by atoms with Crippen LogP contribution in [-0.2, 0) is 4.79 Å². The van der Waals surface area contributed by atoms with Crippen molar-refractivity contribution in [2.45, 2.75) is 12.8 Å². The molecule has 1 aliphatic rings. The van der Waals surface area contributed by atoms with Crippen LogP contribution in [0, 0.1) is 5.92 Å². The lowest BCUT2D eigenvalue weighted by molar-refractivity contribution is -0.122. The lowest BCUT2D eigenvalue weighted by atomic mass is 9.96. The number of halogens is 1. The van der Waals surface area contributed by atoms with Crippen LogP contribution in [0.15, 0.2) is 24.3 Å². The molecule has 3 nitrogen and oxygen atoms in total. The van der Waals surface area contributed by atoms with Crippen LogP contribution in [0.3, 0.4) is 0 Å². The molecular formula is C12H15ClN2O. The second kappa shape index (κ2) is 4.74. The average molecular weight is 239 g/mol. The van der Waals surface area contributed by atoms with E-state index in [-0.39, 0.29) is 11.8 Å². The van der Waals surface area contributed by atoms with Crippen molar-refractivity contribution in [1.82, 2.24) is 0 Å². The van der Waals surface area contributed by atoms with E-state index in [9.17, 15) is 4.79 Å². The summed E-state index contributed by atoms with van der Waals surface area (Å²) in [5, 5.41) is 0.764. The van der Waals surface area contributed by atoms with Crippen LogP contribution in [0.1, 0.15) is 12.8 Å². The monoisotopic (exact) mass is 238 g/mol. The fraction of sp³-hybridized carbons (Fsp3) is 0.417. The standard InChI is InChI=1S/C12H15ClN2O/c13-10-3-1-2-4-11(10)15-7-5-9(6-8-15)12(14)16/h1-4,9H,5-8H2,(H2,14,16). The molecule has 1 fully saturated rings. The summed E-state index contributed by atoms with van der Waals surface area (Å²) in [4.78, 5) is 13.3. The van der Waals surface area contributed by atoms with Crippen molar-refractivity contribution in [2.75, 3.05) is 18.0 Å². The predicted molar refractivity (Wildman–Crippen MR) is 65.6 cm³/mol. The van der Waals surface area contributed by atoms with Crippen molar-refractivity contribution < 1.29 is 4.79 Å². The highest BCUT2D eigenvalue weighted by Gasteiger charge is 2.23. The molecule has 1 aromatic rings. The van der Waals surface area contributed by atoms with Gasteiger partial charge in [0, 0.05) is 19.0 Å². The molecule has 2 rings (SSSR count). The first-order valence-corrected chi connectivity index (χ1v) is 5.85. The highest BCUT2D eigenvalue weighted by molar-refractivity contribution is 6.33. The molecule has 0 atom stereocenters. The van der Waals surface area contributed by atoms with Gasteiger partial charge in [0.05, 0.1) is 10.7 Å². The first-order valence-electron chi connectivity index (χ1n) is 5.47. The number of benzene rings is 1.